The van der Waals surface area contributed by atoms with E-state index < -0.39 is 10.0 Å². The first-order valence-corrected chi connectivity index (χ1v) is 10.3. The van der Waals surface area contributed by atoms with Crippen LogP contribution in [0.25, 0.3) is 0 Å². The summed E-state index contributed by atoms with van der Waals surface area (Å²) in [5.74, 6) is -0.334. The van der Waals surface area contributed by atoms with Crippen molar-refractivity contribution in [1.29, 1.82) is 0 Å². The third-order valence-electron chi connectivity index (χ3n) is 4.19. The molecule has 0 radical (unpaired) electrons. The van der Waals surface area contributed by atoms with Crippen molar-refractivity contribution < 1.29 is 13.2 Å². The van der Waals surface area contributed by atoms with Gasteiger partial charge in [-0.05, 0) is 36.2 Å². The maximum absolute atomic E-state index is 12.7. The lowest BCUT2D eigenvalue weighted by Gasteiger charge is -2.19. The van der Waals surface area contributed by atoms with Crippen LogP contribution in [0.15, 0.2) is 47.4 Å². The summed E-state index contributed by atoms with van der Waals surface area (Å²) in [6, 6.07) is 11.9. The Labute approximate surface area is 160 Å². The lowest BCUT2D eigenvalue weighted by Crippen LogP contribution is -2.31. The summed E-state index contributed by atoms with van der Waals surface area (Å²) < 4.78 is 26.7. The fraction of sp³-hybridized carbons (Fsp3) is 0.316. The molecule has 1 N–H and O–H groups in total. The van der Waals surface area contributed by atoms with Crippen LogP contribution in [0.1, 0.15) is 35.3 Å². The van der Waals surface area contributed by atoms with E-state index in [1.54, 1.807) is 32.9 Å². The molecule has 2 aromatic rings. The highest BCUT2D eigenvalue weighted by molar-refractivity contribution is 7.89. The maximum atomic E-state index is 12.7. The van der Waals surface area contributed by atoms with Gasteiger partial charge in [-0.1, -0.05) is 49.7 Å². The number of rotatable bonds is 7. The zero-order chi connectivity index (χ0) is 19.3. The first kappa shape index (κ1) is 20.4. The number of carbonyl (C=O) groups is 1. The average Bonchev–Trinajstić information content (AvgIpc) is 2.61. The van der Waals surface area contributed by atoms with Gasteiger partial charge in [-0.15, -0.1) is 0 Å². The van der Waals surface area contributed by atoms with Gasteiger partial charge in [-0.3, -0.25) is 4.79 Å². The van der Waals surface area contributed by atoms with Gasteiger partial charge in [0.25, 0.3) is 5.91 Å². The molecular weight excluding hydrogens is 372 g/mol. The summed E-state index contributed by atoms with van der Waals surface area (Å²) in [6.07, 6.45) is 0. The fourth-order valence-corrected chi connectivity index (χ4v) is 4.32. The summed E-state index contributed by atoms with van der Waals surface area (Å²) in [7, 11) is -3.62. The van der Waals surface area contributed by atoms with E-state index in [1.165, 1.54) is 16.4 Å². The highest BCUT2D eigenvalue weighted by Gasteiger charge is 2.23. The number of hydrogen-bond donors (Lipinski definition) is 1. The molecule has 0 aliphatic carbocycles. The van der Waals surface area contributed by atoms with E-state index in [0.29, 0.717) is 29.2 Å². The Hall–Kier alpha value is -1.89. The minimum atomic E-state index is -3.62. The molecule has 2 rings (SSSR count). The molecule has 0 heterocycles. The lowest BCUT2D eigenvalue weighted by atomic mass is 10.1. The Morgan fingerprint density at radius 2 is 1.77 bits per heavy atom. The van der Waals surface area contributed by atoms with Gasteiger partial charge in [0.2, 0.25) is 10.0 Å². The van der Waals surface area contributed by atoms with E-state index in [-0.39, 0.29) is 17.3 Å². The smallest absolute Gasteiger partial charge is 0.251 e. The summed E-state index contributed by atoms with van der Waals surface area (Å²) >= 11 is 6.10. The van der Waals surface area contributed by atoms with Crippen LogP contribution in [0.3, 0.4) is 0 Å². The van der Waals surface area contributed by atoms with Crippen molar-refractivity contribution in [3.8, 4) is 0 Å². The van der Waals surface area contributed by atoms with Crippen LogP contribution in [0.5, 0.6) is 0 Å². The van der Waals surface area contributed by atoms with Crippen molar-refractivity contribution in [3.63, 3.8) is 0 Å². The average molecular weight is 395 g/mol. The Morgan fingerprint density at radius 1 is 1.12 bits per heavy atom. The number of nitrogens with zero attached hydrogens (tertiary/aromatic N) is 1. The third kappa shape index (κ3) is 4.44. The third-order valence-corrected chi connectivity index (χ3v) is 6.61. The van der Waals surface area contributed by atoms with Crippen molar-refractivity contribution in [2.45, 2.75) is 32.2 Å². The summed E-state index contributed by atoms with van der Waals surface area (Å²) in [5, 5.41) is 3.37. The van der Waals surface area contributed by atoms with Crippen LogP contribution in [0.2, 0.25) is 5.02 Å². The van der Waals surface area contributed by atoms with Gasteiger partial charge in [0.1, 0.15) is 0 Å². The Balaban J connectivity index is 2.26. The number of sulfonamides is 1. The summed E-state index contributed by atoms with van der Waals surface area (Å²) in [4.78, 5) is 12.7. The second kappa shape index (κ2) is 8.66. The van der Waals surface area contributed by atoms with Gasteiger partial charge in [-0.25, -0.2) is 8.42 Å². The van der Waals surface area contributed by atoms with Gasteiger partial charge in [0, 0.05) is 30.2 Å². The molecule has 0 aliphatic heterocycles. The van der Waals surface area contributed by atoms with Gasteiger partial charge in [-0.2, -0.15) is 4.31 Å². The molecule has 7 heteroatoms. The SMILES string of the molecule is CCN(CC)S(=O)(=O)c1ccc(C)c(C(=O)NCc2ccccc2Cl)c1. The number of carbonyl (C=O) groups excluding carboxylic acids is 1. The van der Waals surface area contributed by atoms with E-state index in [1.807, 2.05) is 18.2 Å². The number of amides is 1. The number of halogens is 1. The van der Waals surface area contributed by atoms with Crippen molar-refractivity contribution in [2.24, 2.45) is 0 Å². The molecule has 0 aromatic heterocycles. The van der Waals surface area contributed by atoms with E-state index in [2.05, 4.69) is 5.32 Å². The van der Waals surface area contributed by atoms with Crippen LogP contribution in [0, 0.1) is 6.92 Å². The van der Waals surface area contributed by atoms with Crippen LogP contribution in [-0.2, 0) is 16.6 Å². The topological polar surface area (TPSA) is 66.5 Å². The maximum Gasteiger partial charge on any atom is 0.251 e. The van der Waals surface area contributed by atoms with Crippen molar-refractivity contribution in [3.05, 3.63) is 64.2 Å². The first-order valence-electron chi connectivity index (χ1n) is 8.43. The molecule has 0 spiro atoms. The molecule has 0 unspecified atom stereocenters. The molecule has 140 valence electrons. The van der Waals surface area contributed by atoms with Gasteiger partial charge in [0.05, 0.1) is 4.90 Å². The van der Waals surface area contributed by atoms with Crippen LogP contribution < -0.4 is 5.32 Å². The first-order chi connectivity index (χ1) is 12.3. The number of benzene rings is 2. The monoisotopic (exact) mass is 394 g/mol. The van der Waals surface area contributed by atoms with Crippen molar-refractivity contribution in [1.82, 2.24) is 9.62 Å². The summed E-state index contributed by atoms with van der Waals surface area (Å²) in [6.45, 7) is 6.36. The largest absolute Gasteiger partial charge is 0.348 e. The van der Waals surface area contributed by atoms with Gasteiger partial charge < -0.3 is 5.32 Å². The highest BCUT2D eigenvalue weighted by Crippen LogP contribution is 2.20. The van der Waals surface area contributed by atoms with Gasteiger partial charge in [0.15, 0.2) is 0 Å². The molecule has 5 nitrogen and oxygen atoms in total. The van der Waals surface area contributed by atoms with Crippen LogP contribution in [0.4, 0.5) is 0 Å². The molecular formula is C19H23ClN2O3S. The van der Waals surface area contributed by atoms with Crippen molar-refractivity contribution >= 4 is 27.5 Å². The molecule has 0 saturated heterocycles. The molecule has 1 amide bonds. The van der Waals surface area contributed by atoms with E-state index in [0.717, 1.165) is 5.56 Å². The Bertz CT molecular complexity index is 893. The molecule has 0 saturated carbocycles. The van der Waals surface area contributed by atoms with E-state index >= 15 is 0 Å². The van der Waals surface area contributed by atoms with E-state index in [9.17, 15) is 13.2 Å². The number of hydrogen-bond acceptors (Lipinski definition) is 3. The quantitative estimate of drug-likeness (QED) is 0.780. The Kier molecular flexibility index (Phi) is 6.81. The highest BCUT2D eigenvalue weighted by atomic mass is 35.5. The number of nitrogens with one attached hydrogen (secondary N) is 1. The van der Waals surface area contributed by atoms with Gasteiger partial charge >= 0.3 is 0 Å². The van der Waals surface area contributed by atoms with Crippen molar-refractivity contribution in [2.75, 3.05) is 13.1 Å². The molecule has 0 atom stereocenters. The van der Waals surface area contributed by atoms with Crippen LogP contribution >= 0.6 is 11.6 Å². The molecule has 0 aliphatic rings. The minimum absolute atomic E-state index is 0.120. The zero-order valence-corrected chi connectivity index (χ0v) is 16.7. The lowest BCUT2D eigenvalue weighted by molar-refractivity contribution is 0.0950. The van der Waals surface area contributed by atoms with Crippen LogP contribution in [-0.4, -0.2) is 31.7 Å². The minimum Gasteiger partial charge on any atom is -0.348 e. The normalized spacial score (nSPS) is 11.6. The summed E-state index contributed by atoms with van der Waals surface area (Å²) in [5.41, 5.74) is 1.84. The second-order valence-electron chi connectivity index (χ2n) is 5.84. The van der Waals surface area contributed by atoms with E-state index in [4.69, 9.17) is 11.6 Å². The molecule has 0 bridgehead atoms. The predicted octanol–water partition coefficient (Wildman–Crippen LogP) is 3.61. The fourth-order valence-electron chi connectivity index (χ4n) is 2.63. The second-order valence-corrected chi connectivity index (χ2v) is 8.19. The molecule has 2 aromatic carbocycles. The molecule has 26 heavy (non-hydrogen) atoms. The molecule has 0 fully saturated rings. The number of aryl methyl sites for hydroxylation is 1. The predicted molar refractivity (Wildman–Crippen MR) is 104 cm³/mol. The Morgan fingerprint density at radius 3 is 2.38 bits per heavy atom. The zero-order valence-electron chi connectivity index (χ0n) is 15.1. The standard InChI is InChI=1S/C19H23ClN2O3S/c1-4-22(5-2)26(24,25)16-11-10-14(3)17(12-16)19(23)21-13-15-8-6-7-9-18(15)20/h6-12H,4-5,13H2,1-3H3,(H,21,23).